The minimum atomic E-state index is -4.11. The van der Waals surface area contributed by atoms with Gasteiger partial charge in [-0.1, -0.05) is 6.07 Å². The lowest BCUT2D eigenvalue weighted by atomic mass is 9.27. The highest BCUT2D eigenvalue weighted by molar-refractivity contribution is 5.61. The Bertz CT molecular complexity index is 902. The van der Waals surface area contributed by atoms with Gasteiger partial charge in [-0.05, 0) is 66.2 Å². The summed E-state index contributed by atoms with van der Waals surface area (Å²) in [5, 5.41) is 3.77. The van der Waals surface area contributed by atoms with Gasteiger partial charge in [0.2, 0.25) is 0 Å². The van der Waals surface area contributed by atoms with Crippen molar-refractivity contribution in [3.63, 3.8) is 0 Å². The van der Waals surface area contributed by atoms with Crippen LogP contribution >= 0.6 is 0 Å². The Morgan fingerprint density at radius 3 is 2.86 bits per heavy atom. The molecule has 3 nitrogen and oxygen atoms in total. The van der Waals surface area contributed by atoms with Gasteiger partial charge in [0.25, 0.3) is 0 Å². The molecule has 1 N–H and O–H groups in total. The van der Waals surface area contributed by atoms with Crippen LogP contribution in [0.2, 0.25) is 0 Å². The zero-order valence-electron chi connectivity index (χ0n) is 16.0. The van der Waals surface area contributed by atoms with E-state index in [1.807, 2.05) is 0 Å². The number of benzene rings is 1. The molecule has 0 radical (unpaired) electrons. The summed E-state index contributed by atoms with van der Waals surface area (Å²) in [7, 11) is 1.71. The first-order valence-corrected chi connectivity index (χ1v) is 10.6. The van der Waals surface area contributed by atoms with E-state index in [4.69, 9.17) is 4.74 Å². The highest BCUT2D eigenvalue weighted by Crippen LogP contribution is 2.88. The number of likely N-dealkylation sites (tertiary alicyclic amines) is 1. The van der Waals surface area contributed by atoms with Crippen molar-refractivity contribution in [2.45, 2.75) is 49.4 Å². The van der Waals surface area contributed by atoms with Gasteiger partial charge in [-0.25, -0.2) is 0 Å². The molecule has 1 aromatic carbocycles. The molecule has 0 aromatic heterocycles. The van der Waals surface area contributed by atoms with Crippen LogP contribution in [0.3, 0.4) is 0 Å². The Morgan fingerprint density at radius 1 is 1.29 bits per heavy atom. The summed E-state index contributed by atoms with van der Waals surface area (Å²) in [6, 6.07) is 7.16. The smallest absolute Gasteiger partial charge is 0.401 e. The van der Waals surface area contributed by atoms with E-state index in [-0.39, 0.29) is 22.3 Å². The number of methoxy groups -OCH3 is 1. The summed E-state index contributed by atoms with van der Waals surface area (Å²) in [4.78, 5) is 1.79. The van der Waals surface area contributed by atoms with Crippen LogP contribution in [0, 0.1) is 22.7 Å². The molecule has 1 aromatic rings. The fourth-order valence-corrected chi connectivity index (χ4v) is 9.71. The molecule has 6 heteroatoms. The van der Waals surface area contributed by atoms with Crippen molar-refractivity contribution in [3.8, 4) is 5.75 Å². The minimum Gasteiger partial charge on any atom is -0.497 e. The van der Waals surface area contributed by atoms with E-state index in [0.29, 0.717) is 24.4 Å². The number of hydrogen-bond donors (Lipinski definition) is 1. The van der Waals surface area contributed by atoms with E-state index in [0.717, 1.165) is 38.0 Å². The number of nitrogens with one attached hydrogen (secondary N) is 1. The molecule has 7 atom stereocenters. The molecule has 2 spiro atoms. The quantitative estimate of drug-likeness (QED) is 0.840. The number of rotatable bonds is 2. The largest absolute Gasteiger partial charge is 0.497 e. The molecule has 2 aliphatic heterocycles. The van der Waals surface area contributed by atoms with Crippen molar-refractivity contribution in [1.29, 1.82) is 0 Å². The van der Waals surface area contributed by atoms with Crippen molar-refractivity contribution in [3.05, 3.63) is 29.3 Å². The summed E-state index contributed by atoms with van der Waals surface area (Å²) >= 11 is 0. The summed E-state index contributed by atoms with van der Waals surface area (Å²) in [6.07, 6.45) is 0.0562. The number of fused-ring (bicyclic) bond motifs is 1. The van der Waals surface area contributed by atoms with Crippen LogP contribution in [0.1, 0.15) is 30.4 Å². The Labute approximate surface area is 162 Å². The first-order chi connectivity index (χ1) is 13.4. The van der Waals surface area contributed by atoms with Gasteiger partial charge < -0.3 is 10.1 Å². The Kier molecular flexibility index (Phi) is 2.69. The lowest BCUT2D eigenvalue weighted by Crippen LogP contribution is -2.90. The Balaban J connectivity index is 1.41. The summed E-state index contributed by atoms with van der Waals surface area (Å²) < 4.78 is 45.4. The number of alkyl halides is 3. The third kappa shape index (κ3) is 1.43. The molecule has 2 bridgehead atoms. The van der Waals surface area contributed by atoms with Crippen LogP contribution in [-0.4, -0.2) is 49.9 Å². The monoisotopic (exact) mass is 390 g/mol. The molecule has 5 fully saturated rings. The topological polar surface area (TPSA) is 24.5 Å². The average molecular weight is 390 g/mol. The zero-order valence-corrected chi connectivity index (χ0v) is 16.0. The lowest BCUT2D eigenvalue weighted by Gasteiger charge is -2.81. The maximum atomic E-state index is 13.3. The molecule has 2 heterocycles. The molecule has 3 saturated carbocycles. The minimum absolute atomic E-state index is 0.0632. The molecule has 28 heavy (non-hydrogen) atoms. The van der Waals surface area contributed by atoms with E-state index in [1.54, 1.807) is 12.0 Å². The summed E-state index contributed by atoms with van der Waals surface area (Å²) in [6.45, 7) is 0.902. The predicted octanol–water partition coefficient (Wildman–Crippen LogP) is 3.12. The molecule has 6 unspecified atom stereocenters. The second-order valence-corrected chi connectivity index (χ2v) is 10.3. The van der Waals surface area contributed by atoms with Gasteiger partial charge in [-0.15, -0.1) is 0 Å². The number of hydrogen-bond acceptors (Lipinski definition) is 3. The molecule has 150 valence electrons. The van der Waals surface area contributed by atoms with E-state index in [1.165, 1.54) is 11.1 Å². The van der Waals surface area contributed by atoms with Gasteiger partial charge in [0.05, 0.1) is 13.7 Å². The van der Waals surface area contributed by atoms with E-state index in [9.17, 15) is 13.2 Å². The fraction of sp³-hybridized carbons (Fsp3) is 0.727. The van der Waals surface area contributed by atoms with Crippen LogP contribution < -0.4 is 10.1 Å². The summed E-state index contributed by atoms with van der Waals surface area (Å²) in [5.74, 6) is 1.66. The molecule has 6 aliphatic rings. The van der Waals surface area contributed by atoms with Crippen LogP contribution in [0.5, 0.6) is 5.75 Å². The van der Waals surface area contributed by atoms with Crippen LogP contribution in [0.4, 0.5) is 13.2 Å². The van der Waals surface area contributed by atoms with Crippen molar-refractivity contribution in [1.82, 2.24) is 10.2 Å². The van der Waals surface area contributed by atoms with E-state index in [2.05, 4.69) is 23.5 Å². The molecular weight excluding hydrogens is 365 g/mol. The Hall–Kier alpha value is -1.27. The van der Waals surface area contributed by atoms with Crippen LogP contribution in [-0.2, 0) is 11.8 Å². The average Bonchev–Trinajstić information content (AvgIpc) is 3.12. The first kappa shape index (κ1) is 16.5. The van der Waals surface area contributed by atoms with E-state index >= 15 is 0 Å². The first-order valence-electron chi connectivity index (χ1n) is 10.6. The number of ether oxygens (including phenoxy) is 1. The third-order valence-corrected chi connectivity index (χ3v) is 9.80. The van der Waals surface area contributed by atoms with Gasteiger partial charge in [-0.3, -0.25) is 4.90 Å². The number of halogens is 3. The molecule has 7 rings (SSSR count). The Morgan fingerprint density at radius 2 is 2.14 bits per heavy atom. The molecule has 0 amide bonds. The van der Waals surface area contributed by atoms with Gasteiger partial charge >= 0.3 is 6.18 Å². The second kappa shape index (κ2) is 4.56. The maximum absolute atomic E-state index is 13.3. The van der Waals surface area contributed by atoms with Crippen LogP contribution in [0.25, 0.3) is 0 Å². The standard InChI is InChI=1S/C22H25F3N2O/c1-28-14-3-2-12-7-20-10-26-18(20)19-5-4-16-17(22(19,20)15(12)6-14)13(8-19)9-27(16)11-21(23,24)25/h2-3,6,13,16-18,26H,4-5,7-11H2,1H3/t13-,16?,17?,18?,19?,20?,22?/m1/s1. The molecule has 4 aliphatic carbocycles. The van der Waals surface area contributed by atoms with Gasteiger partial charge in [0.1, 0.15) is 5.75 Å². The van der Waals surface area contributed by atoms with Crippen LogP contribution in [0.15, 0.2) is 18.2 Å². The zero-order chi connectivity index (χ0) is 19.1. The lowest BCUT2D eigenvalue weighted by molar-refractivity contribution is -0.261. The predicted molar refractivity (Wildman–Crippen MR) is 97.3 cm³/mol. The summed E-state index contributed by atoms with van der Waals surface area (Å²) in [5.41, 5.74) is 3.39. The van der Waals surface area contributed by atoms with Gasteiger partial charge in [0.15, 0.2) is 0 Å². The molecular formula is C22H25F3N2O. The SMILES string of the molecule is COc1ccc2c(c1)C13C4C5CCC1(C[C@@H]4CN5CC(F)(F)F)C1NCC13C2. The van der Waals surface area contributed by atoms with E-state index < -0.39 is 12.7 Å². The van der Waals surface area contributed by atoms with Crippen molar-refractivity contribution in [2.75, 3.05) is 26.7 Å². The highest BCUT2D eigenvalue weighted by Gasteiger charge is 2.92. The van der Waals surface area contributed by atoms with Crippen molar-refractivity contribution >= 4 is 0 Å². The maximum Gasteiger partial charge on any atom is 0.401 e. The molecule has 2 saturated heterocycles. The second-order valence-electron chi connectivity index (χ2n) is 10.3. The normalized spacial score (nSPS) is 49.6. The van der Waals surface area contributed by atoms with Crippen molar-refractivity contribution < 1.29 is 17.9 Å². The fourth-order valence-electron chi connectivity index (χ4n) is 9.71. The number of piperidine rings is 1. The van der Waals surface area contributed by atoms with Crippen molar-refractivity contribution in [2.24, 2.45) is 22.7 Å². The third-order valence-electron chi connectivity index (χ3n) is 9.80. The number of nitrogens with zero attached hydrogens (tertiary/aromatic N) is 1. The van der Waals surface area contributed by atoms with Gasteiger partial charge in [-0.2, -0.15) is 13.2 Å². The van der Waals surface area contributed by atoms with Gasteiger partial charge in [0, 0.05) is 36.0 Å². The highest BCUT2D eigenvalue weighted by atomic mass is 19.4.